The van der Waals surface area contributed by atoms with E-state index >= 15 is 0 Å². The summed E-state index contributed by atoms with van der Waals surface area (Å²) in [6, 6.07) is 7.29. The van der Waals surface area contributed by atoms with E-state index < -0.39 is 10.0 Å². The van der Waals surface area contributed by atoms with Crippen molar-refractivity contribution in [2.75, 3.05) is 33.7 Å². The van der Waals surface area contributed by atoms with Gasteiger partial charge in [0.1, 0.15) is 0 Å². The number of benzene rings is 1. The van der Waals surface area contributed by atoms with Gasteiger partial charge in [0, 0.05) is 19.1 Å². The third kappa shape index (κ3) is 6.13. The molecule has 0 bridgehead atoms. The van der Waals surface area contributed by atoms with Crippen molar-refractivity contribution in [2.45, 2.75) is 31.2 Å². The Labute approximate surface area is 128 Å². The van der Waals surface area contributed by atoms with Gasteiger partial charge < -0.3 is 10.2 Å². The SMILES string of the molecule is CCCNC(C)c1ccc(S(=O)(=O)NCCN(C)C)cc1. The lowest BCUT2D eigenvalue weighted by molar-refractivity contribution is 0.412. The number of hydrogen-bond acceptors (Lipinski definition) is 4. The van der Waals surface area contributed by atoms with E-state index in [1.165, 1.54) is 0 Å². The van der Waals surface area contributed by atoms with Crippen LogP contribution in [-0.4, -0.2) is 47.0 Å². The van der Waals surface area contributed by atoms with E-state index in [4.69, 9.17) is 0 Å². The molecule has 120 valence electrons. The summed E-state index contributed by atoms with van der Waals surface area (Å²) in [4.78, 5) is 2.25. The minimum Gasteiger partial charge on any atom is -0.310 e. The van der Waals surface area contributed by atoms with Gasteiger partial charge in [-0.25, -0.2) is 13.1 Å². The molecule has 5 nitrogen and oxygen atoms in total. The van der Waals surface area contributed by atoms with E-state index in [2.05, 4.69) is 23.9 Å². The van der Waals surface area contributed by atoms with Gasteiger partial charge in [-0.1, -0.05) is 19.1 Å². The fourth-order valence-corrected chi connectivity index (χ4v) is 2.92. The fraction of sp³-hybridized carbons (Fsp3) is 0.600. The molecule has 1 atom stereocenters. The second-order valence-corrected chi connectivity index (χ2v) is 7.21. The molecule has 0 radical (unpaired) electrons. The fourth-order valence-electron chi connectivity index (χ4n) is 1.90. The minimum absolute atomic E-state index is 0.225. The van der Waals surface area contributed by atoms with Crippen LogP contribution in [0.5, 0.6) is 0 Å². The minimum atomic E-state index is -3.41. The Morgan fingerprint density at radius 3 is 2.29 bits per heavy atom. The third-order valence-corrected chi connectivity index (χ3v) is 4.72. The molecule has 0 amide bonds. The zero-order chi connectivity index (χ0) is 15.9. The number of nitrogens with one attached hydrogen (secondary N) is 2. The largest absolute Gasteiger partial charge is 0.310 e. The lowest BCUT2D eigenvalue weighted by atomic mass is 10.1. The molecule has 0 fully saturated rings. The van der Waals surface area contributed by atoms with Crippen LogP contribution in [-0.2, 0) is 10.0 Å². The first-order chi connectivity index (χ1) is 9.86. The highest BCUT2D eigenvalue weighted by molar-refractivity contribution is 7.89. The Bertz CT molecular complexity index is 512. The summed E-state index contributed by atoms with van der Waals surface area (Å²) in [6.45, 7) is 6.23. The highest BCUT2D eigenvalue weighted by atomic mass is 32.2. The number of nitrogens with zero attached hydrogens (tertiary/aromatic N) is 1. The van der Waals surface area contributed by atoms with Crippen molar-refractivity contribution in [2.24, 2.45) is 0 Å². The van der Waals surface area contributed by atoms with Gasteiger partial charge >= 0.3 is 0 Å². The van der Waals surface area contributed by atoms with E-state index in [9.17, 15) is 8.42 Å². The quantitative estimate of drug-likeness (QED) is 0.727. The Morgan fingerprint density at radius 2 is 1.76 bits per heavy atom. The predicted octanol–water partition coefficient (Wildman–Crippen LogP) is 1.59. The first-order valence-corrected chi connectivity index (χ1v) is 8.83. The maximum absolute atomic E-state index is 12.1. The maximum Gasteiger partial charge on any atom is 0.240 e. The van der Waals surface area contributed by atoms with Crippen molar-refractivity contribution >= 4 is 10.0 Å². The second-order valence-electron chi connectivity index (χ2n) is 5.45. The monoisotopic (exact) mass is 313 g/mol. The summed E-state index contributed by atoms with van der Waals surface area (Å²) < 4.78 is 26.8. The molecule has 1 unspecified atom stereocenters. The van der Waals surface area contributed by atoms with Gasteiger partial charge in [-0.05, 0) is 51.7 Å². The molecule has 1 aromatic carbocycles. The van der Waals surface area contributed by atoms with Crippen LogP contribution in [0.1, 0.15) is 31.9 Å². The van der Waals surface area contributed by atoms with E-state index in [0.717, 1.165) is 18.5 Å². The Balaban J connectivity index is 2.68. The summed E-state index contributed by atoms with van der Waals surface area (Å²) >= 11 is 0. The zero-order valence-electron chi connectivity index (χ0n) is 13.4. The van der Waals surface area contributed by atoms with Crippen LogP contribution < -0.4 is 10.0 Å². The average Bonchev–Trinajstić information content (AvgIpc) is 2.44. The van der Waals surface area contributed by atoms with Gasteiger partial charge in [0.2, 0.25) is 10.0 Å². The third-order valence-electron chi connectivity index (χ3n) is 3.24. The van der Waals surface area contributed by atoms with E-state index in [1.54, 1.807) is 12.1 Å². The van der Waals surface area contributed by atoms with Crippen molar-refractivity contribution in [3.63, 3.8) is 0 Å². The maximum atomic E-state index is 12.1. The van der Waals surface area contributed by atoms with Crippen LogP contribution in [0.3, 0.4) is 0 Å². The molecule has 0 spiro atoms. The van der Waals surface area contributed by atoms with Crippen LogP contribution in [0.4, 0.5) is 0 Å². The van der Waals surface area contributed by atoms with E-state index in [0.29, 0.717) is 18.0 Å². The smallest absolute Gasteiger partial charge is 0.240 e. The molecule has 0 heterocycles. The van der Waals surface area contributed by atoms with Gasteiger partial charge in [-0.2, -0.15) is 0 Å². The van der Waals surface area contributed by atoms with Crippen LogP contribution in [0, 0.1) is 0 Å². The van der Waals surface area contributed by atoms with Gasteiger partial charge in [0.15, 0.2) is 0 Å². The van der Waals surface area contributed by atoms with Gasteiger partial charge in [-0.3, -0.25) is 0 Å². The summed E-state index contributed by atoms with van der Waals surface area (Å²) in [5.41, 5.74) is 1.09. The predicted molar refractivity (Wildman–Crippen MR) is 86.9 cm³/mol. The standard InChI is InChI=1S/C15H27N3O2S/c1-5-10-16-13(2)14-6-8-15(9-7-14)21(19,20)17-11-12-18(3)4/h6-9,13,16-17H,5,10-12H2,1-4H3. The number of likely N-dealkylation sites (N-methyl/N-ethyl adjacent to an activating group) is 1. The Morgan fingerprint density at radius 1 is 1.14 bits per heavy atom. The normalized spacial score (nSPS) is 13.6. The molecular formula is C15H27N3O2S. The van der Waals surface area contributed by atoms with Crippen LogP contribution in [0.15, 0.2) is 29.2 Å². The molecule has 0 aliphatic rings. The zero-order valence-corrected chi connectivity index (χ0v) is 14.2. The van der Waals surface area contributed by atoms with Crippen molar-refractivity contribution < 1.29 is 8.42 Å². The van der Waals surface area contributed by atoms with Crippen molar-refractivity contribution in [1.29, 1.82) is 0 Å². The average molecular weight is 313 g/mol. The molecule has 0 aliphatic heterocycles. The summed E-state index contributed by atoms with van der Waals surface area (Å²) in [5.74, 6) is 0. The van der Waals surface area contributed by atoms with Gasteiger partial charge in [-0.15, -0.1) is 0 Å². The number of sulfonamides is 1. The van der Waals surface area contributed by atoms with Crippen molar-refractivity contribution in [3.8, 4) is 0 Å². The molecule has 1 rings (SSSR count). The first kappa shape index (κ1) is 18.1. The van der Waals surface area contributed by atoms with Crippen molar-refractivity contribution in [3.05, 3.63) is 29.8 Å². The molecule has 1 aromatic rings. The van der Waals surface area contributed by atoms with E-state index in [1.807, 2.05) is 31.1 Å². The van der Waals surface area contributed by atoms with Gasteiger partial charge in [0.25, 0.3) is 0 Å². The molecule has 0 aromatic heterocycles. The number of rotatable bonds is 9. The Kier molecular flexibility index (Phi) is 7.31. The molecule has 2 N–H and O–H groups in total. The second kappa shape index (κ2) is 8.48. The number of hydrogen-bond donors (Lipinski definition) is 2. The van der Waals surface area contributed by atoms with Crippen molar-refractivity contribution in [1.82, 2.24) is 14.9 Å². The first-order valence-electron chi connectivity index (χ1n) is 7.34. The molecular weight excluding hydrogens is 286 g/mol. The lowest BCUT2D eigenvalue weighted by Crippen LogP contribution is -2.31. The molecule has 6 heteroatoms. The highest BCUT2D eigenvalue weighted by Gasteiger charge is 2.14. The van der Waals surface area contributed by atoms with Gasteiger partial charge in [0.05, 0.1) is 4.90 Å². The van der Waals surface area contributed by atoms with Crippen LogP contribution in [0.25, 0.3) is 0 Å². The summed E-state index contributed by atoms with van der Waals surface area (Å²) in [6.07, 6.45) is 1.08. The lowest BCUT2D eigenvalue weighted by Gasteiger charge is -2.14. The summed E-state index contributed by atoms with van der Waals surface area (Å²) in [5, 5.41) is 3.38. The molecule has 0 aliphatic carbocycles. The molecule has 21 heavy (non-hydrogen) atoms. The van der Waals surface area contributed by atoms with Crippen LogP contribution in [0.2, 0.25) is 0 Å². The summed E-state index contributed by atoms with van der Waals surface area (Å²) in [7, 11) is 0.409. The molecule has 0 saturated carbocycles. The van der Waals surface area contributed by atoms with Crippen LogP contribution >= 0.6 is 0 Å². The highest BCUT2D eigenvalue weighted by Crippen LogP contribution is 2.16. The molecule has 0 saturated heterocycles. The van der Waals surface area contributed by atoms with E-state index in [-0.39, 0.29) is 6.04 Å². The topological polar surface area (TPSA) is 61.4 Å². The Hall–Kier alpha value is -0.950.